The van der Waals surface area contributed by atoms with Crippen LogP contribution < -0.4 is 10.6 Å². The van der Waals surface area contributed by atoms with Crippen molar-refractivity contribution >= 4 is 17.3 Å². The van der Waals surface area contributed by atoms with Gasteiger partial charge in [-0.1, -0.05) is 0 Å². The molecule has 0 heterocycles. The molecule has 1 aromatic rings. The Labute approximate surface area is 123 Å². The Morgan fingerprint density at radius 2 is 2.19 bits per heavy atom. The van der Waals surface area contributed by atoms with E-state index < -0.39 is 4.92 Å². The molecule has 1 aromatic carbocycles. The second-order valence-corrected chi connectivity index (χ2v) is 4.68. The van der Waals surface area contributed by atoms with Crippen LogP contribution >= 0.6 is 0 Å². The zero-order valence-electron chi connectivity index (χ0n) is 12.5. The van der Waals surface area contributed by atoms with Gasteiger partial charge in [0, 0.05) is 37.9 Å². The predicted molar refractivity (Wildman–Crippen MR) is 80.7 cm³/mol. The molecule has 2 N–H and O–H groups in total. The minimum Gasteiger partial charge on any atom is -0.385 e. The van der Waals surface area contributed by atoms with E-state index in [0.29, 0.717) is 30.8 Å². The zero-order valence-corrected chi connectivity index (χ0v) is 12.5. The van der Waals surface area contributed by atoms with Gasteiger partial charge in [0.15, 0.2) is 0 Å². The number of methoxy groups -OCH3 is 1. The van der Waals surface area contributed by atoms with Crippen molar-refractivity contribution in [2.45, 2.75) is 26.3 Å². The molecular formula is C14H21N3O4. The third kappa shape index (κ3) is 5.03. The Morgan fingerprint density at radius 3 is 2.76 bits per heavy atom. The number of nitro groups is 1. The summed E-state index contributed by atoms with van der Waals surface area (Å²) in [4.78, 5) is 22.6. The molecule has 7 nitrogen and oxygen atoms in total. The summed E-state index contributed by atoms with van der Waals surface area (Å²) in [6, 6.07) is 4.26. The van der Waals surface area contributed by atoms with Crippen LogP contribution in [0.3, 0.4) is 0 Å². The number of nitrogens with one attached hydrogen (secondary N) is 2. The Balaban J connectivity index is 2.85. The molecular weight excluding hydrogens is 274 g/mol. The molecule has 0 radical (unpaired) electrons. The summed E-state index contributed by atoms with van der Waals surface area (Å²) in [5.41, 5.74) is 0.696. The third-order valence-electron chi connectivity index (χ3n) is 2.96. The van der Waals surface area contributed by atoms with E-state index >= 15 is 0 Å². The normalized spacial score (nSPS) is 11.8. The standard InChI is InChI=1S/C14H21N3O4/c1-4-15-12-9-11(5-6-13(12)17(19)20)14(18)16-10(2)7-8-21-3/h5-6,9-10,15H,4,7-8H2,1-3H3,(H,16,18). The fourth-order valence-electron chi connectivity index (χ4n) is 1.84. The van der Waals surface area contributed by atoms with Crippen LogP contribution in [0.2, 0.25) is 0 Å². The van der Waals surface area contributed by atoms with Crippen LogP contribution in [-0.4, -0.2) is 37.1 Å². The average molecular weight is 295 g/mol. The molecule has 116 valence electrons. The van der Waals surface area contributed by atoms with Gasteiger partial charge in [-0.3, -0.25) is 14.9 Å². The number of nitro benzene ring substituents is 1. The molecule has 0 aliphatic rings. The summed E-state index contributed by atoms with van der Waals surface area (Å²) in [5.74, 6) is -0.257. The zero-order chi connectivity index (χ0) is 15.8. The first-order valence-corrected chi connectivity index (χ1v) is 6.81. The van der Waals surface area contributed by atoms with Crippen molar-refractivity contribution in [1.82, 2.24) is 5.32 Å². The molecule has 0 aliphatic carbocycles. The van der Waals surface area contributed by atoms with E-state index in [1.807, 2.05) is 13.8 Å². The SMILES string of the molecule is CCNc1cc(C(=O)NC(C)CCOC)ccc1[N+](=O)[O-]. The van der Waals surface area contributed by atoms with Gasteiger partial charge in [0.1, 0.15) is 5.69 Å². The summed E-state index contributed by atoms with van der Waals surface area (Å²) >= 11 is 0. The minimum absolute atomic E-state index is 0.0322. The van der Waals surface area contributed by atoms with E-state index in [-0.39, 0.29) is 17.6 Å². The molecule has 0 bridgehead atoms. The van der Waals surface area contributed by atoms with E-state index in [2.05, 4.69) is 10.6 Å². The van der Waals surface area contributed by atoms with Gasteiger partial charge in [0.25, 0.3) is 11.6 Å². The number of carbonyl (C=O) groups is 1. The second kappa shape index (κ2) is 8.21. The first kappa shape index (κ1) is 16.9. The molecule has 0 fully saturated rings. The summed E-state index contributed by atoms with van der Waals surface area (Å²) in [6.07, 6.45) is 0.704. The third-order valence-corrected chi connectivity index (χ3v) is 2.96. The fourth-order valence-corrected chi connectivity index (χ4v) is 1.84. The Hall–Kier alpha value is -2.15. The van der Waals surface area contributed by atoms with Crippen LogP contribution in [0.5, 0.6) is 0 Å². The maximum atomic E-state index is 12.1. The summed E-state index contributed by atoms with van der Waals surface area (Å²) < 4.78 is 4.96. The molecule has 0 spiro atoms. The molecule has 21 heavy (non-hydrogen) atoms. The molecule has 0 aliphatic heterocycles. The number of rotatable bonds is 8. The van der Waals surface area contributed by atoms with Gasteiger partial charge >= 0.3 is 0 Å². The minimum atomic E-state index is -0.471. The number of amides is 1. The van der Waals surface area contributed by atoms with E-state index in [9.17, 15) is 14.9 Å². The highest BCUT2D eigenvalue weighted by Gasteiger charge is 2.17. The summed E-state index contributed by atoms with van der Waals surface area (Å²) in [7, 11) is 1.60. The summed E-state index contributed by atoms with van der Waals surface area (Å²) in [6.45, 7) is 4.82. The van der Waals surface area contributed by atoms with Crippen molar-refractivity contribution in [2.24, 2.45) is 0 Å². The predicted octanol–water partition coefficient (Wildman–Crippen LogP) is 2.18. The van der Waals surface area contributed by atoms with Gasteiger partial charge in [-0.25, -0.2) is 0 Å². The highest BCUT2D eigenvalue weighted by atomic mass is 16.6. The van der Waals surface area contributed by atoms with Crippen molar-refractivity contribution in [3.05, 3.63) is 33.9 Å². The van der Waals surface area contributed by atoms with E-state index in [1.165, 1.54) is 18.2 Å². The van der Waals surface area contributed by atoms with Crippen LogP contribution in [0.25, 0.3) is 0 Å². The van der Waals surface area contributed by atoms with Crippen molar-refractivity contribution in [1.29, 1.82) is 0 Å². The first-order chi connectivity index (χ1) is 9.99. The van der Waals surface area contributed by atoms with Gasteiger partial charge in [0.05, 0.1) is 4.92 Å². The molecule has 0 saturated carbocycles. The van der Waals surface area contributed by atoms with Crippen LogP contribution in [0.4, 0.5) is 11.4 Å². The van der Waals surface area contributed by atoms with Crippen molar-refractivity contribution in [3.63, 3.8) is 0 Å². The highest BCUT2D eigenvalue weighted by Crippen LogP contribution is 2.25. The summed E-state index contributed by atoms with van der Waals surface area (Å²) in [5, 5.41) is 16.7. The molecule has 1 atom stereocenters. The quantitative estimate of drug-likeness (QED) is 0.566. The topological polar surface area (TPSA) is 93.5 Å². The number of hydrogen-bond donors (Lipinski definition) is 2. The van der Waals surface area contributed by atoms with E-state index in [0.717, 1.165) is 0 Å². The number of hydrogen-bond acceptors (Lipinski definition) is 5. The molecule has 1 unspecified atom stereocenters. The lowest BCUT2D eigenvalue weighted by Gasteiger charge is -2.14. The first-order valence-electron chi connectivity index (χ1n) is 6.81. The Bertz CT molecular complexity index is 505. The largest absolute Gasteiger partial charge is 0.385 e. The van der Waals surface area contributed by atoms with Crippen molar-refractivity contribution in [3.8, 4) is 0 Å². The number of carbonyl (C=O) groups excluding carboxylic acids is 1. The molecule has 1 rings (SSSR count). The van der Waals surface area contributed by atoms with Gasteiger partial charge in [-0.05, 0) is 32.4 Å². The van der Waals surface area contributed by atoms with Crippen LogP contribution in [0.15, 0.2) is 18.2 Å². The lowest BCUT2D eigenvalue weighted by atomic mass is 10.1. The molecule has 1 amide bonds. The van der Waals surface area contributed by atoms with Gasteiger partial charge in [-0.2, -0.15) is 0 Å². The fraction of sp³-hybridized carbons (Fsp3) is 0.500. The maximum Gasteiger partial charge on any atom is 0.292 e. The lowest BCUT2D eigenvalue weighted by Crippen LogP contribution is -2.33. The second-order valence-electron chi connectivity index (χ2n) is 4.68. The van der Waals surface area contributed by atoms with E-state index in [1.54, 1.807) is 7.11 Å². The maximum absolute atomic E-state index is 12.1. The van der Waals surface area contributed by atoms with Crippen LogP contribution in [0, 0.1) is 10.1 Å². The smallest absolute Gasteiger partial charge is 0.292 e. The van der Waals surface area contributed by atoms with Crippen LogP contribution in [0.1, 0.15) is 30.6 Å². The number of nitrogens with zero attached hydrogens (tertiary/aromatic N) is 1. The van der Waals surface area contributed by atoms with E-state index in [4.69, 9.17) is 4.74 Å². The average Bonchev–Trinajstić information content (AvgIpc) is 2.45. The molecule has 0 saturated heterocycles. The number of anilines is 1. The Morgan fingerprint density at radius 1 is 1.48 bits per heavy atom. The number of ether oxygens (including phenoxy) is 1. The van der Waals surface area contributed by atoms with Gasteiger partial charge in [0.2, 0.25) is 0 Å². The Kier molecular flexibility index (Phi) is 6.61. The van der Waals surface area contributed by atoms with Crippen molar-refractivity contribution < 1.29 is 14.5 Å². The van der Waals surface area contributed by atoms with Gasteiger partial charge < -0.3 is 15.4 Å². The monoisotopic (exact) mass is 295 g/mol. The van der Waals surface area contributed by atoms with Gasteiger partial charge in [-0.15, -0.1) is 0 Å². The number of benzene rings is 1. The van der Waals surface area contributed by atoms with Crippen LogP contribution in [-0.2, 0) is 4.74 Å². The lowest BCUT2D eigenvalue weighted by molar-refractivity contribution is -0.384. The highest BCUT2D eigenvalue weighted by molar-refractivity contribution is 5.96. The molecule has 7 heteroatoms. The molecule has 0 aromatic heterocycles. The van der Waals surface area contributed by atoms with Crippen molar-refractivity contribution in [2.75, 3.05) is 25.6 Å².